The number of benzene rings is 2. The number of anilines is 1. The predicted molar refractivity (Wildman–Crippen MR) is 92.1 cm³/mol. The number of ether oxygens (including phenoxy) is 1. The zero-order valence-corrected chi connectivity index (χ0v) is 14.2. The summed E-state index contributed by atoms with van der Waals surface area (Å²) in [7, 11) is 0. The zero-order valence-electron chi connectivity index (χ0n) is 9.90. The van der Waals surface area contributed by atoms with Gasteiger partial charge in [-0.05, 0) is 68.9 Å². The molecule has 0 fully saturated rings. The molecule has 0 saturated heterocycles. The second-order valence-corrected chi connectivity index (χ2v) is 6.22. The van der Waals surface area contributed by atoms with E-state index in [0.29, 0.717) is 0 Å². The summed E-state index contributed by atoms with van der Waals surface area (Å²) in [6.07, 6.45) is -0.441. The largest absolute Gasteiger partial charge is 0.444 e. The third kappa shape index (κ3) is 4.64. The van der Waals surface area contributed by atoms with Gasteiger partial charge in [0, 0.05) is 7.14 Å². The van der Waals surface area contributed by atoms with Gasteiger partial charge in [0.2, 0.25) is 0 Å². The molecule has 1 N–H and O–H groups in total. The third-order valence-corrected chi connectivity index (χ3v) is 3.99. The van der Waals surface area contributed by atoms with Crippen LogP contribution in [0.4, 0.5) is 10.5 Å². The van der Waals surface area contributed by atoms with Crippen LogP contribution in [-0.2, 0) is 11.3 Å². The van der Waals surface area contributed by atoms with Gasteiger partial charge in [0.15, 0.2) is 0 Å². The van der Waals surface area contributed by atoms with Gasteiger partial charge in [-0.25, -0.2) is 4.79 Å². The van der Waals surface area contributed by atoms with Crippen LogP contribution in [0, 0.1) is 7.14 Å². The molecule has 0 aromatic heterocycles. The highest BCUT2D eigenvalue weighted by Gasteiger charge is 2.07. The van der Waals surface area contributed by atoms with Crippen LogP contribution in [-0.4, -0.2) is 6.09 Å². The van der Waals surface area contributed by atoms with Gasteiger partial charge in [-0.1, -0.05) is 30.3 Å². The quantitative estimate of drug-likeness (QED) is 0.652. The van der Waals surface area contributed by atoms with Crippen LogP contribution in [0.15, 0.2) is 48.5 Å². The summed E-state index contributed by atoms with van der Waals surface area (Å²) in [5.41, 5.74) is 1.74. The van der Waals surface area contributed by atoms with Crippen molar-refractivity contribution in [2.45, 2.75) is 6.61 Å². The van der Waals surface area contributed by atoms with E-state index in [9.17, 15) is 4.79 Å². The number of carbonyl (C=O) groups excluding carboxylic acids is 1. The smallest absolute Gasteiger partial charge is 0.411 e. The van der Waals surface area contributed by atoms with Gasteiger partial charge in [-0.3, -0.25) is 5.32 Å². The van der Waals surface area contributed by atoms with Crippen molar-refractivity contribution >= 4 is 57.0 Å². The maximum atomic E-state index is 11.7. The molecule has 0 heterocycles. The van der Waals surface area contributed by atoms with Gasteiger partial charge in [0.25, 0.3) is 0 Å². The first kappa shape index (κ1) is 14.6. The molecule has 2 aromatic rings. The summed E-state index contributed by atoms with van der Waals surface area (Å²) in [6, 6.07) is 15.4. The van der Waals surface area contributed by atoms with E-state index >= 15 is 0 Å². The van der Waals surface area contributed by atoms with E-state index in [1.54, 1.807) is 0 Å². The van der Waals surface area contributed by atoms with E-state index < -0.39 is 6.09 Å². The molecule has 0 unspecified atom stereocenters. The second-order valence-electron chi connectivity index (χ2n) is 3.81. The van der Waals surface area contributed by atoms with Gasteiger partial charge in [0.05, 0.1) is 5.69 Å². The molecule has 3 nitrogen and oxygen atoms in total. The Hall–Kier alpha value is -0.830. The number of hydrogen-bond acceptors (Lipinski definition) is 2. The zero-order chi connectivity index (χ0) is 13.7. The Morgan fingerprint density at radius 3 is 2.58 bits per heavy atom. The van der Waals surface area contributed by atoms with Crippen LogP contribution < -0.4 is 5.32 Å². The topological polar surface area (TPSA) is 38.3 Å². The van der Waals surface area contributed by atoms with Crippen LogP contribution in [0.5, 0.6) is 0 Å². The molecule has 19 heavy (non-hydrogen) atoms. The fourth-order valence-electron chi connectivity index (χ4n) is 1.46. The Morgan fingerprint density at radius 2 is 1.84 bits per heavy atom. The molecule has 5 heteroatoms. The fraction of sp³-hybridized carbons (Fsp3) is 0.0714. The molecule has 0 aliphatic heterocycles. The van der Waals surface area contributed by atoms with Crippen molar-refractivity contribution in [1.29, 1.82) is 0 Å². The molecule has 0 saturated carbocycles. The van der Waals surface area contributed by atoms with Crippen LogP contribution in [0.1, 0.15) is 5.56 Å². The summed E-state index contributed by atoms with van der Waals surface area (Å²) < 4.78 is 7.22. The van der Waals surface area contributed by atoms with Crippen molar-refractivity contribution in [1.82, 2.24) is 0 Å². The summed E-state index contributed by atoms with van der Waals surface area (Å²) in [6.45, 7) is 0.271. The van der Waals surface area contributed by atoms with E-state index in [1.165, 1.54) is 0 Å². The standard InChI is InChI=1S/C14H11I2NO2/c15-11-6-7-12(16)13(8-11)17-14(18)19-9-10-4-2-1-3-5-10/h1-8H,9H2,(H,17,18). The minimum absolute atomic E-state index is 0.271. The van der Waals surface area contributed by atoms with Crippen LogP contribution in [0.3, 0.4) is 0 Å². The normalized spacial score (nSPS) is 10.0. The molecule has 2 aromatic carbocycles. The first-order valence-electron chi connectivity index (χ1n) is 5.58. The highest BCUT2D eigenvalue weighted by atomic mass is 127. The highest BCUT2D eigenvalue weighted by molar-refractivity contribution is 14.1. The lowest BCUT2D eigenvalue weighted by molar-refractivity contribution is 0.155. The Labute approximate surface area is 139 Å². The van der Waals surface area contributed by atoms with E-state index in [2.05, 4.69) is 50.5 Å². The van der Waals surface area contributed by atoms with E-state index in [4.69, 9.17) is 4.74 Å². The molecular formula is C14H11I2NO2. The van der Waals surface area contributed by atoms with Crippen molar-refractivity contribution < 1.29 is 9.53 Å². The number of rotatable bonds is 3. The van der Waals surface area contributed by atoms with Crippen molar-refractivity contribution in [3.05, 3.63) is 61.2 Å². The predicted octanol–water partition coefficient (Wildman–Crippen LogP) is 4.64. The molecular weight excluding hydrogens is 468 g/mol. The highest BCUT2D eigenvalue weighted by Crippen LogP contribution is 2.21. The van der Waals surface area contributed by atoms with Crippen molar-refractivity contribution in [3.8, 4) is 0 Å². The SMILES string of the molecule is O=C(Nc1cc(I)ccc1I)OCc1ccccc1. The van der Waals surface area contributed by atoms with Crippen molar-refractivity contribution in [2.24, 2.45) is 0 Å². The summed E-state index contributed by atoms with van der Waals surface area (Å²) in [5.74, 6) is 0. The number of nitrogens with one attached hydrogen (secondary N) is 1. The van der Waals surface area contributed by atoms with Crippen LogP contribution in [0.25, 0.3) is 0 Å². The Kier molecular flexibility index (Phi) is 5.44. The number of carbonyl (C=O) groups is 1. The van der Waals surface area contributed by atoms with Crippen LogP contribution in [0.2, 0.25) is 0 Å². The Morgan fingerprint density at radius 1 is 1.11 bits per heavy atom. The molecule has 0 bridgehead atoms. The maximum absolute atomic E-state index is 11.7. The fourth-order valence-corrected chi connectivity index (χ4v) is 2.42. The first-order valence-corrected chi connectivity index (χ1v) is 7.73. The summed E-state index contributed by atoms with van der Waals surface area (Å²) in [4.78, 5) is 11.7. The van der Waals surface area contributed by atoms with E-state index in [1.807, 2.05) is 48.5 Å². The molecule has 0 radical (unpaired) electrons. The van der Waals surface area contributed by atoms with Gasteiger partial charge < -0.3 is 4.74 Å². The molecule has 0 aliphatic carbocycles. The van der Waals surface area contributed by atoms with Crippen molar-refractivity contribution in [3.63, 3.8) is 0 Å². The maximum Gasteiger partial charge on any atom is 0.411 e. The van der Waals surface area contributed by atoms with E-state index in [0.717, 1.165) is 18.4 Å². The Bertz CT molecular complexity index is 573. The molecule has 0 aliphatic rings. The monoisotopic (exact) mass is 479 g/mol. The minimum Gasteiger partial charge on any atom is -0.444 e. The van der Waals surface area contributed by atoms with Gasteiger partial charge in [-0.2, -0.15) is 0 Å². The lowest BCUT2D eigenvalue weighted by atomic mass is 10.2. The number of amides is 1. The molecule has 98 valence electrons. The second kappa shape index (κ2) is 7.09. The molecule has 1 amide bonds. The average molecular weight is 479 g/mol. The van der Waals surface area contributed by atoms with Gasteiger partial charge in [-0.15, -0.1) is 0 Å². The lowest BCUT2D eigenvalue weighted by Crippen LogP contribution is -2.14. The molecule has 0 atom stereocenters. The number of hydrogen-bond donors (Lipinski definition) is 1. The lowest BCUT2D eigenvalue weighted by Gasteiger charge is -2.09. The van der Waals surface area contributed by atoms with Gasteiger partial charge in [0.1, 0.15) is 6.61 Å². The Balaban J connectivity index is 1.93. The van der Waals surface area contributed by atoms with Gasteiger partial charge >= 0.3 is 6.09 Å². The molecule has 0 spiro atoms. The number of halogens is 2. The first-order chi connectivity index (χ1) is 9.15. The molecule has 2 rings (SSSR count). The van der Waals surface area contributed by atoms with Crippen molar-refractivity contribution in [2.75, 3.05) is 5.32 Å². The average Bonchev–Trinajstić information content (AvgIpc) is 2.42. The van der Waals surface area contributed by atoms with Crippen LogP contribution >= 0.6 is 45.2 Å². The minimum atomic E-state index is -0.441. The summed E-state index contributed by atoms with van der Waals surface area (Å²) in [5, 5.41) is 2.75. The summed E-state index contributed by atoms with van der Waals surface area (Å²) >= 11 is 4.38. The van der Waals surface area contributed by atoms with E-state index in [-0.39, 0.29) is 6.61 Å². The third-order valence-electron chi connectivity index (χ3n) is 2.38.